The van der Waals surface area contributed by atoms with Crippen LogP contribution in [0.25, 0.3) is 28.1 Å². The monoisotopic (exact) mass is 550 g/mol. The van der Waals surface area contributed by atoms with Crippen LogP contribution >= 0.6 is 0 Å². The van der Waals surface area contributed by atoms with Crippen molar-refractivity contribution in [3.63, 3.8) is 0 Å². The van der Waals surface area contributed by atoms with Crippen LogP contribution in [-0.4, -0.2) is 75.4 Å². The molecule has 0 radical (unpaired) electrons. The number of rotatable bonds is 9. The van der Waals surface area contributed by atoms with Gasteiger partial charge in [0.2, 0.25) is 5.78 Å². The number of nitrogens with zero attached hydrogens (tertiary/aromatic N) is 4. The van der Waals surface area contributed by atoms with Crippen LogP contribution in [-0.2, 0) is 6.54 Å². The minimum absolute atomic E-state index is 0.102. The second-order valence-electron chi connectivity index (χ2n) is 10.9. The third-order valence-corrected chi connectivity index (χ3v) is 8.23. The van der Waals surface area contributed by atoms with E-state index in [4.69, 9.17) is 4.98 Å². The van der Waals surface area contributed by atoms with Gasteiger partial charge in [0.15, 0.2) is 0 Å². The predicted molar refractivity (Wildman–Crippen MR) is 151 cm³/mol. The number of hydrogen-bond donors (Lipinski definition) is 3. The molecule has 0 bridgehead atoms. The summed E-state index contributed by atoms with van der Waals surface area (Å²) in [7, 11) is 0. The molecule has 2 aliphatic rings. The lowest BCUT2D eigenvalue weighted by Crippen LogP contribution is -2.36. The molecule has 2 saturated heterocycles. The van der Waals surface area contributed by atoms with Gasteiger partial charge in [-0.25, -0.2) is 13.8 Å². The fourth-order valence-corrected chi connectivity index (χ4v) is 6.04. The molecule has 0 spiro atoms. The molecule has 6 rings (SSSR count). The third kappa shape index (κ3) is 5.35. The summed E-state index contributed by atoms with van der Waals surface area (Å²) in [6, 6.07) is 11.0. The Morgan fingerprint density at radius 3 is 2.70 bits per heavy atom. The lowest BCUT2D eigenvalue weighted by Gasteiger charge is -2.28. The Morgan fingerprint density at radius 1 is 1.10 bits per heavy atom. The van der Waals surface area contributed by atoms with Crippen LogP contribution < -0.4 is 10.6 Å². The third-order valence-electron chi connectivity index (χ3n) is 8.23. The van der Waals surface area contributed by atoms with Gasteiger partial charge in [-0.05, 0) is 81.1 Å². The highest BCUT2D eigenvalue weighted by atomic mass is 19.1. The lowest BCUT2D eigenvalue weighted by molar-refractivity contribution is 0.0950. The van der Waals surface area contributed by atoms with Gasteiger partial charge < -0.3 is 25.2 Å². The predicted octanol–water partition coefficient (Wildman–Crippen LogP) is 4.07. The summed E-state index contributed by atoms with van der Waals surface area (Å²) < 4.78 is 32.3. The molecular weight excluding hydrogens is 514 g/mol. The molecule has 2 aromatic carbocycles. The molecule has 8 nitrogen and oxygen atoms in total. The Labute approximate surface area is 232 Å². The number of halogens is 2. The number of likely N-dealkylation sites (tertiary alicyclic amines) is 1. The van der Waals surface area contributed by atoms with Crippen LogP contribution in [0.2, 0.25) is 0 Å². The summed E-state index contributed by atoms with van der Waals surface area (Å²) in [5.41, 5.74) is 4.01. The minimum atomic E-state index is -0.684. The maximum Gasteiger partial charge on any atom is 0.251 e. The van der Waals surface area contributed by atoms with E-state index in [2.05, 4.69) is 15.5 Å². The molecule has 1 atom stereocenters. The number of fused-ring (bicyclic) bond motifs is 3. The number of hydrogen-bond acceptors (Lipinski definition) is 5. The second kappa shape index (κ2) is 11.6. The summed E-state index contributed by atoms with van der Waals surface area (Å²) in [6.45, 7) is 4.06. The first-order valence-electron chi connectivity index (χ1n) is 14.3. The van der Waals surface area contributed by atoms with Gasteiger partial charge in [0.1, 0.15) is 12.0 Å². The molecular formula is C30H36F2N6O2. The van der Waals surface area contributed by atoms with Crippen molar-refractivity contribution in [2.75, 3.05) is 39.3 Å². The quantitative estimate of drug-likeness (QED) is 0.274. The Balaban J connectivity index is 1.20. The minimum Gasteiger partial charge on any atom is -0.395 e. The van der Waals surface area contributed by atoms with Gasteiger partial charge in [0.25, 0.3) is 5.91 Å². The summed E-state index contributed by atoms with van der Waals surface area (Å²) in [6.07, 6.45) is 5.20. The number of aliphatic hydroxyl groups is 1. The molecule has 0 unspecified atom stereocenters. The Bertz CT molecular complexity index is 1500. The van der Waals surface area contributed by atoms with E-state index in [1.54, 1.807) is 18.2 Å². The van der Waals surface area contributed by atoms with E-state index < -0.39 is 6.17 Å². The van der Waals surface area contributed by atoms with Crippen LogP contribution in [0.3, 0.4) is 0 Å². The van der Waals surface area contributed by atoms with Gasteiger partial charge in [0.05, 0.1) is 23.3 Å². The number of benzene rings is 2. The van der Waals surface area contributed by atoms with Gasteiger partial charge in [-0.15, -0.1) is 0 Å². The van der Waals surface area contributed by atoms with Crippen molar-refractivity contribution in [1.29, 1.82) is 0 Å². The molecule has 2 aliphatic heterocycles. The van der Waals surface area contributed by atoms with Crippen molar-refractivity contribution in [1.82, 2.24) is 29.5 Å². The molecule has 10 heteroatoms. The molecule has 40 heavy (non-hydrogen) atoms. The number of carbonyl (C=O) groups excluding carboxylic acids is 1. The average Bonchev–Trinajstić information content (AvgIpc) is 3.70. The van der Waals surface area contributed by atoms with Crippen molar-refractivity contribution in [2.45, 2.75) is 50.9 Å². The Hall–Kier alpha value is -3.34. The zero-order chi connectivity index (χ0) is 27.6. The highest BCUT2D eigenvalue weighted by Crippen LogP contribution is 2.31. The molecule has 1 amide bonds. The number of piperidine rings is 1. The topological polar surface area (TPSA) is 86.8 Å². The first-order chi connectivity index (χ1) is 19.5. The van der Waals surface area contributed by atoms with Crippen molar-refractivity contribution < 1.29 is 18.7 Å². The summed E-state index contributed by atoms with van der Waals surface area (Å²) in [5, 5.41) is 16.2. The molecule has 0 saturated carbocycles. The van der Waals surface area contributed by atoms with Gasteiger partial charge in [-0.3, -0.25) is 9.20 Å². The fraction of sp³-hybridized carbons (Fsp3) is 0.467. The second-order valence-corrected chi connectivity index (χ2v) is 10.9. The van der Waals surface area contributed by atoms with Crippen LogP contribution in [0, 0.1) is 5.82 Å². The lowest BCUT2D eigenvalue weighted by atomic mass is 10.0. The molecule has 0 aliphatic carbocycles. The van der Waals surface area contributed by atoms with Crippen LogP contribution in [0.15, 0.2) is 42.6 Å². The van der Waals surface area contributed by atoms with Crippen molar-refractivity contribution >= 4 is 22.7 Å². The summed E-state index contributed by atoms with van der Waals surface area (Å²) in [5.74, 6) is 0.101. The van der Waals surface area contributed by atoms with E-state index >= 15 is 4.39 Å². The van der Waals surface area contributed by atoms with Crippen LogP contribution in [0.5, 0.6) is 0 Å². The normalized spacial score (nSPS) is 18.7. The number of carbonyl (C=O) groups is 1. The van der Waals surface area contributed by atoms with Gasteiger partial charge >= 0.3 is 0 Å². The number of imidazole rings is 2. The van der Waals surface area contributed by atoms with E-state index in [0.29, 0.717) is 48.5 Å². The molecule has 3 N–H and O–H groups in total. The largest absolute Gasteiger partial charge is 0.395 e. The highest BCUT2D eigenvalue weighted by Gasteiger charge is 2.21. The standard InChI is InChI=1S/C30H36F2N6O2/c31-22-8-13-36(14-9-22)12-2-11-34-29(40)21-5-7-27-28(18-21)37(15-16-39)30-35-26(19-38(27)30)23-6-4-20(17-24(23)32)25-3-1-10-33-25/h4-7,17-19,22,25,33,39H,1-3,8-16H2,(H,34,40)/t25-/m0/s1. The number of alkyl halides is 1. The van der Waals surface area contributed by atoms with Gasteiger partial charge in [-0.2, -0.15) is 0 Å². The van der Waals surface area contributed by atoms with Crippen LogP contribution in [0.1, 0.15) is 54.1 Å². The number of nitrogens with one attached hydrogen (secondary N) is 2. The molecule has 2 aromatic heterocycles. The van der Waals surface area contributed by atoms with Gasteiger partial charge in [0, 0.05) is 49.5 Å². The summed E-state index contributed by atoms with van der Waals surface area (Å²) >= 11 is 0. The Morgan fingerprint density at radius 2 is 1.95 bits per heavy atom. The van der Waals surface area contributed by atoms with E-state index in [1.807, 2.05) is 33.4 Å². The van der Waals surface area contributed by atoms with Crippen molar-refractivity contribution in [3.05, 3.63) is 59.5 Å². The van der Waals surface area contributed by atoms with Gasteiger partial charge in [-0.1, -0.05) is 6.07 Å². The number of aliphatic hydroxyl groups excluding tert-OH is 1. The molecule has 4 heterocycles. The first-order valence-corrected chi connectivity index (χ1v) is 14.3. The maximum absolute atomic E-state index is 15.2. The van der Waals surface area contributed by atoms with Crippen molar-refractivity contribution in [2.24, 2.45) is 0 Å². The SMILES string of the molecule is O=C(NCCCN1CCC(F)CC1)c1ccc2c(c1)n(CCO)c1nc(-c3ccc([C@@H]4CCCN4)cc3F)cn21. The van der Waals surface area contributed by atoms with Crippen molar-refractivity contribution in [3.8, 4) is 11.3 Å². The first kappa shape index (κ1) is 26.9. The molecule has 4 aromatic rings. The molecule has 212 valence electrons. The Kier molecular flexibility index (Phi) is 7.82. The summed E-state index contributed by atoms with van der Waals surface area (Å²) in [4.78, 5) is 19.9. The number of aromatic nitrogens is 3. The molecule has 2 fully saturated rings. The van der Waals surface area contributed by atoms with E-state index in [9.17, 15) is 14.3 Å². The van der Waals surface area contributed by atoms with Crippen LogP contribution in [0.4, 0.5) is 8.78 Å². The van der Waals surface area contributed by atoms with E-state index in [1.165, 1.54) is 0 Å². The zero-order valence-electron chi connectivity index (χ0n) is 22.6. The van der Waals surface area contributed by atoms with E-state index in [-0.39, 0.29) is 24.4 Å². The fourth-order valence-electron chi connectivity index (χ4n) is 6.04. The zero-order valence-corrected chi connectivity index (χ0v) is 22.6. The number of amides is 1. The maximum atomic E-state index is 15.2. The highest BCUT2D eigenvalue weighted by molar-refractivity contribution is 5.98. The van der Waals surface area contributed by atoms with E-state index in [0.717, 1.165) is 62.0 Å². The smallest absolute Gasteiger partial charge is 0.251 e. The average molecular weight is 551 g/mol.